The number of pyridine rings is 1. The van der Waals surface area contributed by atoms with Crippen molar-refractivity contribution < 1.29 is 0 Å². The molecule has 0 amide bonds. The van der Waals surface area contributed by atoms with Gasteiger partial charge in [0.15, 0.2) is 0 Å². The van der Waals surface area contributed by atoms with E-state index >= 15 is 0 Å². The van der Waals surface area contributed by atoms with Gasteiger partial charge in [0.05, 0.1) is 11.4 Å². The van der Waals surface area contributed by atoms with E-state index in [1.165, 1.54) is 5.71 Å². The van der Waals surface area contributed by atoms with Crippen molar-refractivity contribution in [1.29, 1.82) is 0 Å². The Kier molecular flexibility index (Phi) is 2.08. The zero-order valence-electron chi connectivity index (χ0n) is 7.71. The maximum Gasteiger partial charge on any atom is 0.129 e. The van der Waals surface area contributed by atoms with Gasteiger partial charge in [-0.05, 0) is 25.5 Å². The molecule has 1 aromatic heterocycles. The molecule has 68 valence electrons. The van der Waals surface area contributed by atoms with Crippen molar-refractivity contribution in [2.45, 2.75) is 26.2 Å². The number of hydrogen-bond donors (Lipinski definition) is 0. The summed E-state index contributed by atoms with van der Waals surface area (Å²) in [7, 11) is 0. The van der Waals surface area contributed by atoms with Gasteiger partial charge in [-0.25, -0.2) is 4.98 Å². The molecule has 0 saturated heterocycles. The van der Waals surface area contributed by atoms with E-state index in [1.807, 2.05) is 13.0 Å². The number of rotatable bonds is 0. The third-order valence-corrected chi connectivity index (χ3v) is 2.46. The minimum absolute atomic E-state index is 0.436. The highest BCUT2D eigenvalue weighted by molar-refractivity contribution is 6.29. The van der Waals surface area contributed by atoms with Crippen molar-refractivity contribution in [2.24, 2.45) is 4.99 Å². The van der Waals surface area contributed by atoms with Crippen molar-refractivity contribution in [2.75, 3.05) is 0 Å². The van der Waals surface area contributed by atoms with Gasteiger partial charge in [0.2, 0.25) is 0 Å². The standard InChI is InChI=1S/C10H11ClN2/c1-6-5-7(2)12-8-3-4-9(11)13-10(6)8/h3-4,6H,5H2,1-2H3. The molecular weight excluding hydrogens is 184 g/mol. The molecule has 1 atom stereocenters. The molecule has 3 heteroatoms. The largest absolute Gasteiger partial charge is 0.256 e. The lowest BCUT2D eigenvalue weighted by molar-refractivity contribution is 0.756. The van der Waals surface area contributed by atoms with Crippen molar-refractivity contribution >= 4 is 23.0 Å². The lowest BCUT2D eigenvalue weighted by atomic mass is 9.96. The fourth-order valence-corrected chi connectivity index (χ4v) is 1.84. The van der Waals surface area contributed by atoms with E-state index in [1.54, 1.807) is 6.07 Å². The fraction of sp³-hybridized carbons (Fsp3) is 0.400. The molecule has 0 fully saturated rings. The molecule has 0 aliphatic carbocycles. The average Bonchev–Trinajstić information content (AvgIpc) is 2.06. The van der Waals surface area contributed by atoms with E-state index < -0.39 is 0 Å². The molecule has 13 heavy (non-hydrogen) atoms. The number of aromatic nitrogens is 1. The maximum absolute atomic E-state index is 5.82. The summed E-state index contributed by atoms with van der Waals surface area (Å²) < 4.78 is 0. The van der Waals surface area contributed by atoms with Crippen LogP contribution in [0.1, 0.15) is 31.9 Å². The summed E-state index contributed by atoms with van der Waals surface area (Å²) in [5.74, 6) is 0.436. The Balaban J connectivity index is 2.56. The first kappa shape index (κ1) is 8.70. The van der Waals surface area contributed by atoms with Crippen LogP contribution in [0.25, 0.3) is 0 Å². The topological polar surface area (TPSA) is 25.2 Å². The maximum atomic E-state index is 5.82. The minimum Gasteiger partial charge on any atom is -0.256 e. The molecule has 0 aromatic carbocycles. The van der Waals surface area contributed by atoms with E-state index in [9.17, 15) is 0 Å². The van der Waals surface area contributed by atoms with Gasteiger partial charge in [-0.15, -0.1) is 0 Å². The summed E-state index contributed by atoms with van der Waals surface area (Å²) in [4.78, 5) is 8.72. The lowest BCUT2D eigenvalue weighted by Gasteiger charge is -2.18. The van der Waals surface area contributed by atoms with Crippen LogP contribution < -0.4 is 0 Å². The fourth-order valence-electron chi connectivity index (χ4n) is 1.69. The summed E-state index contributed by atoms with van der Waals surface area (Å²) in [5, 5.41) is 0.556. The second kappa shape index (κ2) is 3.11. The Labute approximate surface area is 82.7 Å². The van der Waals surface area contributed by atoms with Crippen LogP contribution in [0.5, 0.6) is 0 Å². The molecular formula is C10H11ClN2. The van der Waals surface area contributed by atoms with Gasteiger partial charge in [-0.2, -0.15) is 0 Å². The van der Waals surface area contributed by atoms with Gasteiger partial charge in [-0.1, -0.05) is 18.5 Å². The number of halogens is 1. The zero-order chi connectivity index (χ0) is 9.42. The zero-order valence-corrected chi connectivity index (χ0v) is 8.47. The first-order valence-corrected chi connectivity index (χ1v) is 4.75. The van der Waals surface area contributed by atoms with Gasteiger partial charge in [0.1, 0.15) is 5.15 Å². The van der Waals surface area contributed by atoms with Crippen LogP contribution in [0.4, 0.5) is 5.69 Å². The van der Waals surface area contributed by atoms with Crippen molar-refractivity contribution in [3.05, 3.63) is 23.0 Å². The number of nitrogens with zero attached hydrogens (tertiary/aromatic N) is 2. The summed E-state index contributed by atoms with van der Waals surface area (Å²) in [5.41, 5.74) is 3.17. The van der Waals surface area contributed by atoms with Gasteiger partial charge in [0, 0.05) is 11.6 Å². The van der Waals surface area contributed by atoms with Crippen LogP contribution in [-0.2, 0) is 0 Å². The van der Waals surface area contributed by atoms with Gasteiger partial charge in [-0.3, -0.25) is 4.99 Å². The highest BCUT2D eigenvalue weighted by Gasteiger charge is 2.18. The van der Waals surface area contributed by atoms with Crippen LogP contribution in [0.15, 0.2) is 17.1 Å². The lowest BCUT2D eigenvalue weighted by Crippen LogP contribution is -2.08. The predicted octanol–water partition coefficient (Wildman–Crippen LogP) is 3.33. The number of fused-ring (bicyclic) bond motifs is 1. The Morgan fingerprint density at radius 1 is 1.46 bits per heavy atom. The first-order chi connectivity index (χ1) is 6.16. The quantitative estimate of drug-likeness (QED) is 0.582. The van der Waals surface area contributed by atoms with E-state index in [2.05, 4.69) is 16.9 Å². The van der Waals surface area contributed by atoms with Crippen LogP contribution in [0, 0.1) is 0 Å². The summed E-state index contributed by atoms with van der Waals surface area (Å²) in [6.07, 6.45) is 0.986. The molecule has 0 spiro atoms. The molecule has 0 saturated carbocycles. The summed E-state index contributed by atoms with van der Waals surface area (Å²) in [6, 6.07) is 3.72. The SMILES string of the molecule is CC1=Nc2ccc(Cl)nc2C(C)C1. The highest BCUT2D eigenvalue weighted by atomic mass is 35.5. The third kappa shape index (κ3) is 1.59. The van der Waals surface area contributed by atoms with Gasteiger partial charge < -0.3 is 0 Å². The van der Waals surface area contributed by atoms with Gasteiger partial charge >= 0.3 is 0 Å². The molecule has 1 unspecified atom stereocenters. The van der Waals surface area contributed by atoms with Crippen molar-refractivity contribution in [3.63, 3.8) is 0 Å². The molecule has 1 aliphatic rings. The van der Waals surface area contributed by atoms with Crippen molar-refractivity contribution in [3.8, 4) is 0 Å². The van der Waals surface area contributed by atoms with Crippen LogP contribution >= 0.6 is 11.6 Å². The Hall–Kier alpha value is -0.890. The molecule has 0 N–H and O–H groups in total. The molecule has 2 heterocycles. The van der Waals surface area contributed by atoms with E-state index in [4.69, 9.17) is 11.6 Å². The second-order valence-corrected chi connectivity index (χ2v) is 3.88. The van der Waals surface area contributed by atoms with E-state index in [0.717, 1.165) is 17.8 Å². The minimum atomic E-state index is 0.436. The first-order valence-electron chi connectivity index (χ1n) is 4.37. The Morgan fingerprint density at radius 3 is 3.00 bits per heavy atom. The van der Waals surface area contributed by atoms with Crippen LogP contribution in [0.3, 0.4) is 0 Å². The molecule has 1 aliphatic heterocycles. The Morgan fingerprint density at radius 2 is 2.23 bits per heavy atom. The Bertz CT molecular complexity index is 371. The summed E-state index contributed by atoms with van der Waals surface area (Å²) in [6.45, 7) is 4.20. The van der Waals surface area contributed by atoms with Gasteiger partial charge in [0.25, 0.3) is 0 Å². The van der Waals surface area contributed by atoms with E-state index in [-0.39, 0.29) is 0 Å². The second-order valence-electron chi connectivity index (χ2n) is 3.49. The molecule has 2 rings (SSSR count). The normalized spacial score (nSPS) is 20.8. The molecule has 1 aromatic rings. The molecule has 0 radical (unpaired) electrons. The van der Waals surface area contributed by atoms with Crippen molar-refractivity contribution in [1.82, 2.24) is 4.98 Å². The smallest absolute Gasteiger partial charge is 0.129 e. The van der Waals surface area contributed by atoms with Crippen LogP contribution in [0.2, 0.25) is 5.15 Å². The molecule has 0 bridgehead atoms. The number of aliphatic imine (C=N–C) groups is 1. The number of hydrogen-bond acceptors (Lipinski definition) is 2. The van der Waals surface area contributed by atoms with E-state index in [0.29, 0.717) is 11.1 Å². The highest BCUT2D eigenvalue weighted by Crippen LogP contribution is 2.33. The summed E-state index contributed by atoms with van der Waals surface area (Å²) >= 11 is 5.82. The third-order valence-electron chi connectivity index (χ3n) is 2.25. The van der Waals surface area contributed by atoms with Crippen LogP contribution in [-0.4, -0.2) is 10.7 Å². The predicted molar refractivity (Wildman–Crippen MR) is 55.0 cm³/mol. The average molecular weight is 195 g/mol. The monoisotopic (exact) mass is 194 g/mol. The molecule has 2 nitrogen and oxygen atoms in total.